The number of aliphatic hydroxyl groups is 2. The lowest BCUT2D eigenvalue weighted by atomic mass is 9.94. The van der Waals surface area contributed by atoms with Crippen molar-refractivity contribution < 1.29 is 20.1 Å². The molecule has 33 heavy (non-hydrogen) atoms. The van der Waals surface area contributed by atoms with Gasteiger partial charge in [-0.05, 0) is 66.0 Å². The predicted molar refractivity (Wildman–Crippen MR) is 132 cm³/mol. The molecule has 0 radical (unpaired) electrons. The minimum Gasteiger partial charge on any atom is -0.507 e. The Balaban J connectivity index is 1.73. The van der Waals surface area contributed by atoms with Crippen molar-refractivity contribution >= 4 is 11.6 Å². The van der Waals surface area contributed by atoms with Gasteiger partial charge >= 0.3 is 0 Å². The molecule has 0 aliphatic carbocycles. The maximum Gasteiger partial charge on any atom is 0.122 e. The highest BCUT2D eigenvalue weighted by Crippen LogP contribution is 2.28. The number of ether oxygens (including phenoxy) is 1. The van der Waals surface area contributed by atoms with Crippen molar-refractivity contribution in [3.05, 3.63) is 114 Å². The van der Waals surface area contributed by atoms with Crippen molar-refractivity contribution in [1.29, 1.82) is 0 Å². The average Bonchev–Trinajstić information content (AvgIpc) is 2.85. The van der Waals surface area contributed by atoms with Crippen LogP contribution in [0.3, 0.4) is 0 Å². The molecule has 1 unspecified atom stereocenters. The standard InChI is InChI=1S/C28H29NO4/c1-21(20-33-24-10-3-2-4-11-24)25(16-18-30)28(32)15-14-22(26-12-7-8-17-29-26)19-23-9-5-6-13-27(23)31/h2-13,16-17,19,28,30-32H,1,14-15,18,20H2/b22-19-,25-16-. The molecule has 0 amide bonds. The van der Waals surface area contributed by atoms with E-state index in [9.17, 15) is 15.3 Å². The number of hydrogen-bond acceptors (Lipinski definition) is 5. The normalized spacial score (nSPS) is 12.9. The van der Waals surface area contributed by atoms with Crippen molar-refractivity contribution in [2.45, 2.75) is 18.9 Å². The summed E-state index contributed by atoms with van der Waals surface area (Å²) in [6.07, 6.45) is 5.20. The Bertz CT molecular complexity index is 1090. The summed E-state index contributed by atoms with van der Waals surface area (Å²) in [6.45, 7) is 4.04. The predicted octanol–water partition coefficient (Wildman–Crippen LogP) is 5.02. The molecule has 170 valence electrons. The van der Waals surface area contributed by atoms with E-state index in [1.807, 2.05) is 66.7 Å². The topological polar surface area (TPSA) is 82.8 Å². The van der Waals surface area contributed by atoms with E-state index in [0.29, 0.717) is 35.3 Å². The molecule has 5 nitrogen and oxygen atoms in total. The summed E-state index contributed by atoms with van der Waals surface area (Å²) >= 11 is 0. The fraction of sp³-hybridized carbons (Fsp3) is 0.179. The Morgan fingerprint density at radius 1 is 1.00 bits per heavy atom. The Morgan fingerprint density at radius 2 is 1.73 bits per heavy atom. The van der Waals surface area contributed by atoms with E-state index in [2.05, 4.69) is 11.6 Å². The Hall–Kier alpha value is -3.67. The summed E-state index contributed by atoms with van der Waals surface area (Å²) < 4.78 is 5.75. The lowest BCUT2D eigenvalue weighted by Gasteiger charge is -2.19. The molecule has 0 bridgehead atoms. The first-order chi connectivity index (χ1) is 16.1. The zero-order chi connectivity index (χ0) is 23.5. The minimum absolute atomic E-state index is 0.179. The van der Waals surface area contributed by atoms with Gasteiger partial charge in [0.15, 0.2) is 0 Å². The van der Waals surface area contributed by atoms with Gasteiger partial charge in [0.05, 0.1) is 18.4 Å². The average molecular weight is 444 g/mol. The van der Waals surface area contributed by atoms with Crippen LogP contribution in [0, 0.1) is 0 Å². The van der Waals surface area contributed by atoms with Gasteiger partial charge in [-0.25, -0.2) is 0 Å². The van der Waals surface area contributed by atoms with E-state index < -0.39 is 6.10 Å². The van der Waals surface area contributed by atoms with Gasteiger partial charge in [-0.15, -0.1) is 0 Å². The van der Waals surface area contributed by atoms with Gasteiger partial charge < -0.3 is 20.1 Å². The summed E-state index contributed by atoms with van der Waals surface area (Å²) in [5, 5.41) is 30.6. The van der Waals surface area contributed by atoms with Gasteiger partial charge in [0.25, 0.3) is 0 Å². The summed E-state index contributed by atoms with van der Waals surface area (Å²) in [4.78, 5) is 4.44. The molecule has 0 saturated carbocycles. The number of nitrogens with zero attached hydrogens (tertiary/aromatic N) is 1. The molecule has 1 heterocycles. The highest BCUT2D eigenvalue weighted by Gasteiger charge is 2.16. The molecule has 3 N–H and O–H groups in total. The summed E-state index contributed by atoms with van der Waals surface area (Å²) in [5.41, 5.74) is 3.48. The largest absolute Gasteiger partial charge is 0.507 e. The molecular weight excluding hydrogens is 414 g/mol. The number of aliphatic hydroxyl groups excluding tert-OH is 2. The van der Waals surface area contributed by atoms with Gasteiger partial charge in [0.1, 0.15) is 18.1 Å². The van der Waals surface area contributed by atoms with Gasteiger partial charge in [0.2, 0.25) is 0 Å². The van der Waals surface area contributed by atoms with Gasteiger partial charge in [-0.2, -0.15) is 0 Å². The third-order valence-corrected chi connectivity index (χ3v) is 5.18. The molecule has 0 saturated heterocycles. The number of benzene rings is 2. The molecule has 2 aromatic carbocycles. The van der Waals surface area contributed by atoms with Gasteiger partial charge in [-0.1, -0.05) is 55.1 Å². The van der Waals surface area contributed by atoms with Crippen molar-refractivity contribution in [2.75, 3.05) is 13.2 Å². The molecule has 0 fully saturated rings. The van der Waals surface area contributed by atoms with Crippen molar-refractivity contribution in [2.24, 2.45) is 0 Å². The fourth-order valence-electron chi connectivity index (χ4n) is 3.46. The number of aromatic hydroxyl groups is 1. The molecule has 1 atom stereocenters. The van der Waals surface area contributed by atoms with Crippen LogP contribution in [0.15, 0.2) is 103 Å². The third-order valence-electron chi connectivity index (χ3n) is 5.18. The number of rotatable bonds is 11. The van der Waals surface area contributed by atoms with Crippen LogP contribution in [0.1, 0.15) is 24.1 Å². The zero-order valence-corrected chi connectivity index (χ0v) is 18.5. The minimum atomic E-state index is -0.847. The second-order valence-electron chi connectivity index (χ2n) is 7.55. The van der Waals surface area contributed by atoms with Crippen LogP contribution in [0.2, 0.25) is 0 Å². The van der Waals surface area contributed by atoms with E-state index in [0.717, 1.165) is 11.3 Å². The van der Waals surface area contributed by atoms with E-state index in [1.165, 1.54) is 0 Å². The number of allylic oxidation sites excluding steroid dienone is 1. The number of phenols is 1. The van der Waals surface area contributed by atoms with E-state index >= 15 is 0 Å². The number of hydrogen-bond donors (Lipinski definition) is 3. The number of phenolic OH excluding ortho intramolecular Hbond substituents is 1. The third kappa shape index (κ3) is 7.17. The summed E-state index contributed by atoms with van der Waals surface area (Å²) in [6, 6.07) is 22.1. The van der Waals surface area contributed by atoms with E-state index in [-0.39, 0.29) is 19.0 Å². The number of pyridine rings is 1. The first kappa shape index (κ1) is 24.0. The van der Waals surface area contributed by atoms with E-state index in [4.69, 9.17) is 4.74 Å². The SMILES string of the molecule is C=C(COc1ccccc1)/C(=C/CO)C(O)CC/C(=C/c1ccccc1O)c1ccccn1. The maximum atomic E-state index is 10.9. The second kappa shape index (κ2) is 12.4. The Morgan fingerprint density at radius 3 is 2.42 bits per heavy atom. The number of aromatic nitrogens is 1. The molecule has 3 rings (SSSR count). The molecule has 5 heteroatoms. The smallest absolute Gasteiger partial charge is 0.122 e. The Labute approximate surface area is 194 Å². The highest BCUT2D eigenvalue weighted by atomic mass is 16.5. The molecule has 3 aromatic rings. The lowest BCUT2D eigenvalue weighted by molar-refractivity contribution is 0.200. The maximum absolute atomic E-state index is 10.9. The van der Waals surface area contributed by atoms with Crippen LogP contribution in [0.5, 0.6) is 11.5 Å². The molecule has 0 aliphatic rings. The van der Waals surface area contributed by atoms with Crippen LogP contribution in [-0.2, 0) is 0 Å². The first-order valence-electron chi connectivity index (χ1n) is 10.8. The van der Waals surface area contributed by atoms with Crippen LogP contribution < -0.4 is 4.74 Å². The van der Waals surface area contributed by atoms with Crippen molar-refractivity contribution in [3.8, 4) is 11.5 Å². The quantitative estimate of drug-likeness (QED) is 0.362. The van der Waals surface area contributed by atoms with Crippen molar-refractivity contribution in [3.63, 3.8) is 0 Å². The molecular formula is C28H29NO4. The zero-order valence-electron chi connectivity index (χ0n) is 18.5. The second-order valence-corrected chi connectivity index (χ2v) is 7.55. The monoisotopic (exact) mass is 443 g/mol. The lowest BCUT2D eigenvalue weighted by Crippen LogP contribution is -2.16. The van der Waals surface area contributed by atoms with Crippen LogP contribution >= 0.6 is 0 Å². The van der Waals surface area contributed by atoms with E-state index in [1.54, 1.807) is 24.4 Å². The van der Waals surface area contributed by atoms with Crippen LogP contribution in [0.4, 0.5) is 0 Å². The van der Waals surface area contributed by atoms with Gasteiger partial charge in [-0.3, -0.25) is 4.98 Å². The molecule has 0 spiro atoms. The Kier molecular flexibility index (Phi) is 9.00. The van der Waals surface area contributed by atoms with Crippen LogP contribution in [-0.4, -0.2) is 39.6 Å². The fourth-order valence-corrected chi connectivity index (χ4v) is 3.46. The van der Waals surface area contributed by atoms with Crippen LogP contribution in [0.25, 0.3) is 11.6 Å². The summed E-state index contributed by atoms with van der Waals surface area (Å²) in [7, 11) is 0. The van der Waals surface area contributed by atoms with Crippen molar-refractivity contribution in [1.82, 2.24) is 4.98 Å². The first-order valence-corrected chi connectivity index (χ1v) is 10.8. The molecule has 1 aromatic heterocycles. The number of para-hydroxylation sites is 2. The summed E-state index contributed by atoms with van der Waals surface area (Å²) in [5.74, 6) is 0.887. The highest BCUT2D eigenvalue weighted by molar-refractivity contribution is 5.81. The molecule has 0 aliphatic heterocycles. The van der Waals surface area contributed by atoms with Gasteiger partial charge in [0, 0.05) is 11.8 Å².